The monoisotopic (exact) mass is 420 g/mol. The molecule has 0 amide bonds. The predicted molar refractivity (Wildman–Crippen MR) is 90.6 cm³/mol. The molecule has 0 aromatic heterocycles. The van der Waals surface area contributed by atoms with Crippen LogP contribution in [0.15, 0.2) is 0 Å². The van der Waals surface area contributed by atoms with Gasteiger partial charge in [0.25, 0.3) is 6.29 Å². The molecule has 0 unspecified atom stereocenters. The molecule has 12 heteroatoms. The van der Waals surface area contributed by atoms with Gasteiger partial charge in [0.1, 0.15) is 6.61 Å². The minimum absolute atomic E-state index is 0.600. The topological polar surface area (TPSA) is 158 Å². The molecule has 29 heavy (non-hydrogen) atoms. The molecule has 164 valence electrons. The smallest absolute Gasteiger partial charge is 0.305 e. The molecule has 0 aliphatic rings. The Morgan fingerprint density at radius 3 is 1.24 bits per heavy atom. The van der Waals surface area contributed by atoms with Crippen molar-refractivity contribution >= 4 is 35.8 Å². The summed E-state index contributed by atoms with van der Waals surface area (Å²) in [5.74, 6) is -5.26. The normalized spacial score (nSPS) is 13.3. The highest BCUT2D eigenvalue weighted by Gasteiger charge is 2.45. The van der Waals surface area contributed by atoms with Gasteiger partial charge in [-0.2, -0.15) is 0 Å². The van der Waals surface area contributed by atoms with Crippen LogP contribution in [-0.4, -0.2) is 67.0 Å². The van der Waals surface area contributed by atoms with E-state index < -0.39 is 67.0 Å². The van der Waals surface area contributed by atoms with Crippen LogP contribution in [0.2, 0.25) is 0 Å². The first kappa shape index (κ1) is 25.8. The van der Waals surface area contributed by atoms with E-state index in [-0.39, 0.29) is 0 Å². The Bertz CT molecular complexity index is 624. The zero-order valence-electron chi connectivity index (χ0n) is 16.9. The standard InChI is InChI=1S/C17H24O12/c1-8(18)24-7-14(25-9(2)19)15(26-10(3)20)16(27-11(4)21)17(28-12(5)22)29-13(6)23/h14-17H,7H2,1-6H3/t14-,15+,16-/m1/s1. The van der Waals surface area contributed by atoms with Crippen molar-refractivity contribution in [1.82, 2.24) is 0 Å². The van der Waals surface area contributed by atoms with Gasteiger partial charge in [0.05, 0.1) is 0 Å². The number of esters is 6. The Hall–Kier alpha value is -3.18. The number of ether oxygens (including phenoxy) is 6. The van der Waals surface area contributed by atoms with Crippen LogP contribution >= 0.6 is 0 Å². The lowest BCUT2D eigenvalue weighted by Gasteiger charge is -2.34. The van der Waals surface area contributed by atoms with Crippen molar-refractivity contribution in [3.63, 3.8) is 0 Å². The fraction of sp³-hybridized carbons (Fsp3) is 0.647. The Morgan fingerprint density at radius 1 is 0.517 bits per heavy atom. The molecule has 0 fully saturated rings. The lowest BCUT2D eigenvalue weighted by atomic mass is 10.1. The van der Waals surface area contributed by atoms with E-state index in [4.69, 9.17) is 28.4 Å². The van der Waals surface area contributed by atoms with Gasteiger partial charge in [0, 0.05) is 41.5 Å². The molecular weight excluding hydrogens is 396 g/mol. The Labute approximate surface area is 166 Å². The van der Waals surface area contributed by atoms with Crippen molar-refractivity contribution in [3.05, 3.63) is 0 Å². The molecule has 12 nitrogen and oxygen atoms in total. The van der Waals surface area contributed by atoms with Gasteiger partial charge in [-0.1, -0.05) is 0 Å². The van der Waals surface area contributed by atoms with Gasteiger partial charge in [0.15, 0.2) is 12.2 Å². The third-order valence-corrected chi connectivity index (χ3v) is 2.90. The van der Waals surface area contributed by atoms with E-state index in [9.17, 15) is 28.8 Å². The van der Waals surface area contributed by atoms with Gasteiger partial charge in [-0.25, -0.2) is 0 Å². The second kappa shape index (κ2) is 12.3. The summed E-state index contributed by atoms with van der Waals surface area (Å²) in [6.07, 6.45) is -6.75. The van der Waals surface area contributed by atoms with Crippen LogP contribution in [0.5, 0.6) is 0 Å². The summed E-state index contributed by atoms with van der Waals surface area (Å²) in [5.41, 5.74) is 0. The van der Waals surface area contributed by atoms with Gasteiger partial charge in [0.2, 0.25) is 6.10 Å². The van der Waals surface area contributed by atoms with Crippen LogP contribution in [0, 0.1) is 0 Å². The SMILES string of the molecule is CC(=O)OC[C@@H](OC(C)=O)[C@H](OC(C)=O)[C@@H](OC(C)=O)C(OC(C)=O)OC(C)=O. The van der Waals surface area contributed by atoms with E-state index in [0.29, 0.717) is 0 Å². The summed E-state index contributed by atoms with van der Waals surface area (Å²) >= 11 is 0. The molecule has 0 aromatic rings. The maximum Gasteiger partial charge on any atom is 0.305 e. The first-order valence-electron chi connectivity index (χ1n) is 8.32. The van der Waals surface area contributed by atoms with Gasteiger partial charge in [-0.15, -0.1) is 0 Å². The van der Waals surface area contributed by atoms with Crippen LogP contribution < -0.4 is 0 Å². The fourth-order valence-electron chi connectivity index (χ4n) is 2.11. The Morgan fingerprint density at radius 2 is 0.897 bits per heavy atom. The molecule has 0 rings (SSSR count). The minimum atomic E-state index is -1.85. The molecule has 0 saturated carbocycles. The van der Waals surface area contributed by atoms with Crippen molar-refractivity contribution in [3.8, 4) is 0 Å². The first-order chi connectivity index (χ1) is 13.3. The molecule has 0 radical (unpaired) electrons. The fourth-order valence-corrected chi connectivity index (χ4v) is 2.11. The lowest BCUT2D eigenvalue weighted by molar-refractivity contribution is -0.237. The average Bonchev–Trinajstić information content (AvgIpc) is 2.52. The second-order valence-corrected chi connectivity index (χ2v) is 5.69. The number of hydrogen-bond acceptors (Lipinski definition) is 12. The maximum absolute atomic E-state index is 11.6. The summed E-state index contributed by atoms with van der Waals surface area (Å²) in [5, 5.41) is 0. The van der Waals surface area contributed by atoms with Crippen LogP contribution in [0.3, 0.4) is 0 Å². The van der Waals surface area contributed by atoms with Gasteiger partial charge in [-0.05, 0) is 0 Å². The largest absolute Gasteiger partial charge is 0.462 e. The molecule has 0 bridgehead atoms. The quantitative estimate of drug-likeness (QED) is 0.261. The van der Waals surface area contributed by atoms with E-state index >= 15 is 0 Å². The molecule has 3 atom stereocenters. The summed E-state index contributed by atoms with van der Waals surface area (Å²) in [4.78, 5) is 68.7. The summed E-state index contributed by atoms with van der Waals surface area (Å²) < 4.78 is 29.7. The van der Waals surface area contributed by atoms with E-state index in [1.54, 1.807) is 0 Å². The highest BCUT2D eigenvalue weighted by molar-refractivity contribution is 5.70. The zero-order valence-corrected chi connectivity index (χ0v) is 16.9. The molecule has 0 N–H and O–H groups in total. The number of carbonyl (C=O) groups is 6. The third kappa shape index (κ3) is 11.3. The second-order valence-electron chi connectivity index (χ2n) is 5.69. The Kier molecular flexibility index (Phi) is 11.0. The van der Waals surface area contributed by atoms with Crippen LogP contribution in [0.25, 0.3) is 0 Å². The minimum Gasteiger partial charge on any atom is -0.462 e. The maximum atomic E-state index is 11.6. The molecule has 0 aliphatic carbocycles. The van der Waals surface area contributed by atoms with Crippen molar-refractivity contribution in [1.29, 1.82) is 0 Å². The van der Waals surface area contributed by atoms with E-state index in [1.807, 2.05) is 0 Å². The highest BCUT2D eigenvalue weighted by atomic mass is 16.7. The summed E-state index contributed by atoms with van der Waals surface area (Å²) in [6, 6.07) is 0. The van der Waals surface area contributed by atoms with Gasteiger partial charge in [-0.3, -0.25) is 28.8 Å². The van der Waals surface area contributed by atoms with Crippen molar-refractivity contribution in [2.24, 2.45) is 0 Å². The molecule has 0 heterocycles. The zero-order chi connectivity index (χ0) is 22.7. The number of hydrogen-bond donors (Lipinski definition) is 0. The highest BCUT2D eigenvalue weighted by Crippen LogP contribution is 2.21. The van der Waals surface area contributed by atoms with E-state index in [1.165, 1.54) is 0 Å². The van der Waals surface area contributed by atoms with E-state index in [2.05, 4.69) is 0 Å². The average molecular weight is 420 g/mol. The van der Waals surface area contributed by atoms with Crippen molar-refractivity contribution in [2.75, 3.05) is 6.61 Å². The number of rotatable bonds is 10. The molecule has 0 aromatic carbocycles. The van der Waals surface area contributed by atoms with Gasteiger partial charge >= 0.3 is 35.8 Å². The predicted octanol–water partition coefficient (Wildman–Crippen LogP) is -0.203. The molecular formula is C17H24O12. The third-order valence-electron chi connectivity index (χ3n) is 2.90. The molecule has 0 saturated heterocycles. The van der Waals surface area contributed by atoms with Crippen LogP contribution in [0.4, 0.5) is 0 Å². The molecule has 0 spiro atoms. The lowest BCUT2D eigenvalue weighted by Crippen LogP contribution is -2.54. The summed E-state index contributed by atoms with van der Waals surface area (Å²) in [7, 11) is 0. The van der Waals surface area contributed by atoms with Gasteiger partial charge < -0.3 is 28.4 Å². The number of carbonyl (C=O) groups excluding carboxylic acids is 6. The van der Waals surface area contributed by atoms with Crippen molar-refractivity contribution < 1.29 is 57.2 Å². The van der Waals surface area contributed by atoms with Crippen LogP contribution in [0.1, 0.15) is 41.5 Å². The molecule has 0 aliphatic heterocycles. The van der Waals surface area contributed by atoms with Crippen LogP contribution in [-0.2, 0) is 57.2 Å². The Balaban J connectivity index is 6.20. The van der Waals surface area contributed by atoms with E-state index in [0.717, 1.165) is 41.5 Å². The van der Waals surface area contributed by atoms with Crippen molar-refractivity contribution in [2.45, 2.75) is 66.1 Å². The summed E-state index contributed by atoms with van der Waals surface area (Å²) in [6.45, 7) is 5.48. The first-order valence-corrected chi connectivity index (χ1v) is 8.32.